The van der Waals surface area contributed by atoms with Crippen LogP contribution in [0.5, 0.6) is 0 Å². The van der Waals surface area contributed by atoms with Gasteiger partial charge in [-0.3, -0.25) is 4.79 Å². The van der Waals surface area contributed by atoms with Crippen molar-refractivity contribution in [3.8, 4) is 6.07 Å². The Labute approximate surface area is 111 Å². The lowest BCUT2D eigenvalue weighted by atomic mass is 10.2. The minimum atomic E-state index is -3.61. The highest BCUT2D eigenvalue weighted by Crippen LogP contribution is 2.10. The molecule has 0 aliphatic carbocycles. The van der Waals surface area contributed by atoms with Crippen molar-refractivity contribution in [2.24, 2.45) is 0 Å². The molecular weight excluding hydrogens is 268 g/mol. The van der Waals surface area contributed by atoms with E-state index >= 15 is 0 Å². The van der Waals surface area contributed by atoms with E-state index in [9.17, 15) is 13.2 Å². The van der Waals surface area contributed by atoms with E-state index in [0.717, 1.165) is 10.5 Å². The van der Waals surface area contributed by atoms with Crippen LogP contribution in [-0.2, 0) is 10.0 Å². The van der Waals surface area contributed by atoms with E-state index in [1.165, 1.54) is 33.2 Å². The van der Waals surface area contributed by atoms with Crippen molar-refractivity contribution in [3.05, 3.63) is 23.9 Å². The van der Waals surface area contributed by atoms with Crippen LogP contribution in [0.3, 0.4) is 0 Å². The Morgan fingerprint density at radius 1 is 1.47 bits per heavy atom. The molecule has 1 heterocycles. The zero-order chi connectivity index (χ0) is 14.6. The Hall–Kier alpha value is -1.98. The van der Waals surface area contributed by atoms with Crippen molar-refractivity contribution in [3.63, 3.8) is 0 Å². The predicted molar refractivity (Wildman–Crippen MR) is 67.7 cm³/mol. The zero-order valence-corrected chi connectivity index (χ0v) is 11.6. The lowest BCUT2D eigenvalue weighted by Gasteiger charge is -2.11. The lowest BCUT2D eigenvalue weighted by Crippen LogP contribution is -2.31. The molecule has 0 aliphatic rings. The molecule has 1 rings (SSSR count). The van der Waals surface area contributed by atoms with Crippen LogP contribution in [0.2, 0.25) is 0 Å². The van der Waals surface area contributed by atoms with E-state index < -0.39 is 22.0 Å². The summed E-state index contributed by atoms with van der Waals surface area (Å²) in [6.07, 6.45) is 1.16. The molecule has 1 atom stereocenters. The Kier molecular flexibility index (Phi) is 4.58. The number of pyridine rings is 1. The highest BCUT2D eigenvalue weighted by molar-refractivity contribution is 7.89. The number of aromatic nitrogens is 1. The molecule has 1 N–H and O–H groups in total. The fourth-order valence-electron chi connectivity index (χ4n) is 1.17. The molecule has 1 aromatic heterocycles. The van der Waals surface area contributed by atoms with Crippen molar-refractivity contribution >= 4 is 15.9 Å². The van der Waals surface area contributed by atoms with Crippen molar-refractivity contribution in [1.29, 1.82) is 5.26 Å². The number of hydrogen-bond donors (Lipinski definition) is 1. The number of carbonyl (C=O) groups is 1. The Morgan fingerprint density at radius 2 is 2.11 bits per heavy atom. The van der Waals surface area contributed by atoms with Gasteiger partial charge in [0.2, 0.25) is 0 Å². The molecule has 0 radical (unpaired) electrons. The van der Waals surface area contributed by atoms with Gasteiger partial charge < -0.3 is 5.32 Å². The van der Waals surface area contributed by atoms with Crippen LogP contribution in [0.1, 0.15) is 17.3 Å². The van der Waals surface area contributed by atoms with E-state index in [-0.39, 0.29) is 10.6 Å². The molecule has 0 aromatic carbocycles. The summed E-state index contributed by atoms with van der Waals surface area (Å²) in [5.41, 5.74) is 0.194. The molecule has 0 saturated carbocycles. The van der Waals surface area contributed by atoms with Gasteiger partial charge in [0.15, 0.2) is 5.03 Å². The molecule has 1 aromatic rings. The summed E-state index contributed by atoms with van der Waals surface area (Å²) < 4.78 is 24.5. The number of nitriles is 1. The number of carbonyl (C=O) groups excluding carboxylic acids is 1. The Morgan fingerprint density at radius 3 is 2.53 bits per heavy atom. The molecule has 0 saturated heterocycles. The van der Waals surface area contributed by atoms with Gasteiger partial charge in [-0.25, -0.2) is 17.7 Å². The third kappa shape index (κ3) is 3.49. The smallest absolute Gasteiger partial charge is 0.260 e. The third-order valence-corrected chi connectivity index (χ3v) is 4.02. The molecule has 0 fully saturated rings. The maximum Gasteiger partial charge on any atom is 0.260 e. The van der Waals surface area contributed by atoms with Crippen molar-refractivity contribution in [2.75, 3.05) is 14.1 Å². The molecule has 0 unspecified atom stereocenters. The van der Waals surface area contributed by atoms with Crippen LogP contribution in [-0.4, -0.2) is 43.8 Å². The summed E-state index contributed by atoms with van der Waals surface area (Å²) in [6.45, 7) is 1.54. The summed E-state index contributed by atoms with van der Waals surface area (Å²) >= 11 is 0. The topological polar surface area (TPSA) is 103 Å². The van der Waals surface area contributed by atoms with E-state index in [1.807, 2.05) is 6.07 Å². The van der Waals surface area contributed by atoms with Gasteiger partial charge in [0.1, 0.15) is 6.04 Å². The second-order valence-electron chi connectivity index (χ2n) is 4.00. The van der Waals surface area contributed by atoms with Gasteiger partial charge in [-0.1, -0.05) is 0 Å². The van der Waals surface area contributed by atoms with Gasteiger partial charge >= 0.3 is 0 Å². The fourth-order valence-corrected chi connectivity index (χ4v) is 1.97. The van der Waals surface area contributed by atoms with Gasteiger partial charge in [-0.05, 0) is 19.1 Å². The van der Waals surface area contributed by atoms with Crippen LogP contribution in [0.25, 0.3) is 0 Å². The maximum atomic E-state index is 11.8. The minimum absolute atomic E-state index is 0.137. The third-order valence-electron chi connectivity index (χ3n) is 2.28. The van der Waals surface area contributed by atoms with Gasteiger partial charge in [0.05, 0.1) is 11.6 Å². The first-order valence-electron chi connectivity index (χ1n) is 5.38. The van der Waals surface area contributed by atoms with Gasteiger partial charge in [-0.15, -0.1) is 0 Å². The summed E-state index contributed by atoms with van der Waals surface area (Å²) in [5.74, 6) is -0.477. The van der Waals surface area contributed by atoms with Gasteiger partial charge in [-0.2, -0.15) is 5.26 Å². The largest absolute Gasteiger partial charge is 0.336 e. The van der Waals surface area contributed by atoms with Crippen molar-refractivity contribution in [1.82, 2.24) is 14.6 Å². The van der Waals surface area contributed by atoms with Gasteiger partial charge in [0, 0.05) is 20.3 Å². The molecular formula is C11H14N4O3S. The average molecular weight is 282 g/mol. The number of rotatable bonds is 4. The molecule has 102 valence electrons. The van der Waals surface area contributed by atoms with Crippen molar-refractivity contribution in [2.45, 2.75) is 18.0 Å². The average Bonchev–Trinajstić information content (AvgIpc) is 2.38. The fraction of sp³-hybridized carbons (Fsp3) is 0.364. The molecule has 8 heteroatoms. The SMILES string of the molecule is C[C@@H](C#N)NC(=O)c1ccc(S(=O)(=O)N(C)C)nc1. The zero-order valence-electron chi connectivity index (χ0n) is 10.8. The molecule has 7 nitrogen and oxygen atoms in total. The number of nitrogens with one attached hydrogen (secondary N) is 1. The van der Waals surface area contributed by atoms with Crippen LogP contribution < -0.4 is 5.32 Å². The molecule has 0 aliphatic heterocycles. The first-order valence-corrected chi connectivity index (χ1v) is 6.82. The standard InChI is InChI=1S/C11H14N4O3S/c1-8(6-12)14-11(16)9-4-5-10(13-7-9)19(17,18)15(2)3/h4-5,7-8H,1-3H3,(H,14,16)/t8-/m0/s1. The molecule has 0 spiro atoms. The normalized spacial score (nSPS) is 12.8. The highest BCUT2D eigenvalue weighted by atomic mass is 32.2. The molecule has 0 bridgehead atoms. The number of hydrogen-bond acceptors (Lipinski definition) is 5. The minimum Gasteiger partial charge on any atom is -0.336 e. The first kappa shape index (κ1) is 15.1. The summed E-state index contributed by atoms with van der Waals surface area (Å²) in [5, 5.41) is 10.9. The maximum absolute atomic E-state index is 11.8. The van der Waals surface area contributed by atoms with Crippen LogP contribution in [0.15, 0.2) is 23.4 Å². The van der Waals surface area contributed by atoms with Crippen LogP contribution in [0.4, 0.5) is 0 Å². The lowest BCUT2D eigenvalue weighted by molar-refractivity contribution is 0.0947. The van der Waals surface area contributed by atoms with E-state index in [2.05, 4.69) is 10.3 Å². The van der Waals surface area contributed by atoms with Crippen LogP contribution in [0, 0.1) is 11.3 Å². The van der Waals surface area contributed by atoms with E-state index in [4.69, 9.17) is 5.26 Å². The Balaban J connectivity index is 2.95. The molecule has 19 heavy (non-hydrogen) atoms. The second-order valence-corrected chi connectivity index (χ2v) is 6.10. The summed E-state index contributed by atoms with van der Waals surface area (Å²) in [6, 6.07) is 3.84. The quantitative estimate of drug-likeness (QED) is 0.835. The van der Waals surface area contributed by atoms with E-state index in [1.54, 1.807) is 0 Å². The first-order chi connectivity index (χ1) is 8.78. The predicted octanol–water partition coefficient (Wildman–Crippen LogP) is -0.0262. The van der Waals surface area contributed by atoms with Crippen LogP contribution >= 0.6 is 0 Å². The summed E-state index contributed by atoms with van der Waals surface area (Å²) in [4.78, 5) is 15.4. The van der Waals surface area contributed by atoms with Gasteiger partial charge in [0.25, 0.3) is 15.9 Å². The monoisotopic (exact) mass is 282 g/mol. The van der Waals surface area contributed by atoms with E-state index in [0.29, 0.717) is 0 Å². The Bertz CT molecular complexity index is 602. The number of nitrogens with zero attached hydrogens (tertiary/aromatic N) is 3. The highest BCUT2D eigenvalue weighted by Gasteiger charge is 2.19. The molecule has 1 amide bonds. The number of amides is 1. The second kappa shape index (κ2) is 5.77. The number of sulfonamides is 1. The summed E-state index contributed by atoms with van der Waals surface area (Å²) in [7, 11) is -0.819. The van der Waals surface area contributed by atoms with Crippen molar-refractivity contribution < 1.29 is 13.2 Å².